The van der Waals surface area contributed by atoms with E-state index in [-0.39, 0.29) is 5.91 Å². The quantitative estimate of drug-likeness (QED) is 0.890. The van der Waals surface area contributed by atoms with Crippen molar-refractivity contribution in [1.82, 2.24) is 4.98 Å². The van der Waals surface area contributed by atoms with Crippen LogP contribution in [0.25, 0.3) is 0 Å². The Morgan fingerprint density at radius 2 is 2.25 bits per heavy atom. The molecule has 1 heterocycles. The van der Waals surface area contributed by atoms with Crippen LogP contribution in [0.1, 0.15) is 19.4 Å². The van der Waals surface area contributed by atoms with Crippen LogP contribution < -0.4 is 11.1 Å². The highest BCUT2D eigenvalue weighted by molar-refractivity contribution is 9.10. The Morgan fingerprint density at radius 1 is 1.62 bits per heavy atom. The summed E-state index contributed by atoms with van der Waals surface area (Å²) < 4.78 is 0.935. The standard InChI is InChI=1S/C11H16BrN3O/c1-7-4-8(12)5-14-9(7)15-6-11(2,3)10(13)16/h4-5H,6H2,1-3H3,(H2,13,16)(H,14,15). The first-order chi connectivity index (χ1) is 7.33. The molecule has 0 bridgehead atoms. The van der Waals surface area contributed by atoms with Gasteiger partial charge in [-0.15, -0.1) is 0 Å². The number of hydrogen-bond donors (Lipinski definition) is 2. The zero-order chi connectivity index (χ0) is 12.3. The SMILES string of the molecule is Cc1cc(Br)cnc1NCC(C)(C)C(N)=O. The van der Waals surface area contributed by atoms with Crippen LogP contribution in [0.15, 0.2) is 16.7 Å². The van der Waals surface area contributed by atoms with Crippen molar-refractivity contribution in [3.8, 4) is 0 Å². The molecule has 0 aliphatic heterocycles. The van der Waals surface area contributed by atoms with Gasteiger partial charge in [0.1, 0.15) is 5.82 Å². The van der Waals surface area contributed by atoms with Gasteiger partial charge in [-0.25, -0.2) is 4.98 Å². The molecule has 0 saturated carbocycles. The van der Waals surface area contributed by atoms with Gasteiger partial charge in [0.2, 0.25) is 5.91 Å². The van der Waals surface area contributed by atoms with Crippen LogP contribution in [0.4, 0.5) is 5.82 Å². The predicted molar refractivity (Wildman–Crippen MR) is 68.1 cm³/mol. The minimum absolute atomic E-state index is 0.324. The van der Waals surface area contributed by atoms with E-state index in [4.69, 9.17) is 5.73 Å². The van der Waals surface area contributed by atoms with Gasteiger partial charge >= 0.3 is 0 Å². The van der Waals surface area contributed by atoms with E-state index in [1.807, 2.05) is 13.0 Å². The van der Waals surface area contributed by atoms with Gasteiger partial charge in [0.25, 0.3) is 0 Å². The van der Waals surface area contributed by atoms with Gasteiger partial charge in [0.05, 0.1) is 5.41 Å². The van der Waals surface area contributed by atoms with Crippen molar-refractivity contribution >= 4 is 27.7 Å². The molecule has 0 spiro atoms. The second-order valence-electron chi connectivity index (χ2n) is 4.42. The van der Waals surface area contributed by atoms with E-state index in [9.17, 15) is 4.79 Å². The van der Waals surface area contributed by atoms with E-state index in [1.54, 1.807) is 20.0 Å². The first-order valence-corrected chi connectivity index (χ1v) is 5.78. The first kappa shape index (κ1) is 13.0. The number of carbonyl (C=O) groups is 1. The Hall–Kier alpha value is -1.10. The largest absolute Gasteiger partial charge is 0.369 e. The molecule has 5 heteroatoms. The van der Waals surface area contributed by atoms with Crippen molar-refractivity contribution in [2.45, 2.75) is 20.8 Å². The molecule has 0 radical (unpaired) electrons. The van der Waals surface area contributed by atoms with Crippen molar-refractivity contribution in [3.05, 3.63) is 22.3 Å². The average Bonchev–Trinajstić information content (AvgIpc) is 2.16. The summed E-state index contributed by atoms with van der Waals surface area (Å²) >= 11 is 3.35. The van der Waals surface area contributed by atoms with Gasteiger partial charge in [0, 0.05) is 17.2 Å². The summed E-state index contributed by atoms with van der Waals surface area (Å²) in [4.78, 5) is 15.4. The molecule has 1 rings (SSSR count). The van der Waals surface area contributed by atoms with Crippen LogP contribution in [-0.4, -0.2) is 17.4 Å². The molecule has 0 saturated heterocycles. The maximum atomic E-state index is 11.1. The molecular weight excluding hydrogens is 270 g/mol. The second kappa shape index (κ2) is 4.82. The lowest BCUT2D eigenvalue weighted by Gasteiger charge is -2.21. The van der Waals surface area contributed by atoms with Gasteiger partial charge in [-0.05, 0) is 48.3 Å². The van der Waals surface area contributed by atoms with Crippen molar-refractivity contribution in [1.29, 1.82) is 0 Å². The molecule has 0 aromatic carbocycles. The number of nitrogens with two attached hydrogens (primary N) is 1. The summed E-state index contributed by atoms with van der Waals surface area (Å²) in [7, 11) is 0. The lowest BCUT2D eigenvalue weighted by molar-refractivity contribution is -0.125. The van der Waals surface area contributed by atoms with Gasteiger partial charge in [-0.3, -0.25) is 4.79 Å². The number of nitrogens with zero attached hydrogens (tertiary/aromatic N) is 1. The van der Waals surface area contributed by atoms with Crippen LogP contribution in [-0.2, 0) is 4.79 Å². The topological polar surface area (TPSA) is 68.0 Å². The number of aromatic nitrogens is 1. The van der Waals surface area contributed by atoms with Crippen LogP contribution in [0.5, 0.6) is 0 Å². The molecule has 88 valence electrons. The smallest absolute Gasteiger partial charge is 0.224 e. The van der Waals surface area contributed by atoms with Crippen LogP contribution in [0.2, 0.25) is 0 Å². The van der Waals surface area contributed by atoms with Gasteiger partial charge in [-0.1, -0.05) is 0 Å². The molecular formula is C11H16BrN3O. The maximum absolute atomic E-state index is 11.1. The number of primary amides is 1. The number of carbonyl (C=O) groups excluding carboxylic acids is 1. The number of aryl methyl sites for hydroxylation is 1. The number of rotatable bonds is 4. The van der Waals surface area contributed by atoms with Crippen molar-refractivity contribution in [2.75, 3.05) is 11.9 Å². The van der Waals surface area contributed by atoms with E-state index in [2.05, 4.69) is 26.2 Å². The molecule has 0 aliphatic carbocycles. The summed E-state index contributed by atoms with van der Waals surface area (Å²) in [5.74, 6) is 0.451. The predicted octanol–water partition coefficient (Wildman–Crippen LogP) is 2.08. The third-order valence-corrected chi connectivity index (χ3v) is 2.84. The fourth-order valence-electron chi connectivity index (χ4n) is 1.12. The lowest BCUT2D eigenvalue weighted by Crippen LogP contribution is -2.37. The zero-order valence-electron chi connectivity index (χ0n) is 9.67. The number of pyridine rings is 1. The van der Waals surface area contributed by atoms with E-state index < -0.39 is 5.41 Å². The highest BCUT2D eigenvalue weighted by Crippen LogP contribution is 2.19. The number of halogens is 1. The summed E-state index contributed by atoms with van der Waals surface area (Å²) in [5.41, 5.74) is 5.73. The van der Waals surface area contributed by atoms with Gasteiger partial charge in [-0.2, -0.15) is 0 Å². The summed E-state index contributed by atoms with van der Waals surface area (Å²) in [6.45, 7) is 6.03. The van der Waals surface area contributed by atoms with Gasteiger partial charge in [0.15, 0.2) is 0 Å². The molecule has 0 atom stereocenters. The Morgan fingerprint density at radius 3 is 2.75 bits per heavy atom. The molecule has 1 aromatic heterocycles. The van der Waals surface area contributed by atoms with Crippen molar-refractivity contribution < 1.29 is 4.79 Å². The molecule has 0 unspecified atom stereocenters. The fraction of sp³-hybridized carbons (Fsp3) is 0.455. The number of nitrogens with one attached hydrogen (secondary N) is 1. The molecule has 0 aliphatic rings. The lowest BCUT2D eigenvalue weighted by atomic mass is 9.93. The third-order valence-electron chi connectivity index (χ3n) is 2.41. The van der Waals surface area contributed by atoms with E-state index in [0.29, 0.717) is 6.54 Å². The summed E-state index contributed by atoms with van der Waals surface area (Å²) in [6.07, 6.45) is 1.71. The summed E-state index contributed by atoms with van der Waals surface area (Å²) in [5, 5.41) is 3.13. The Labute approximate surface area is 104 Å². The van der Waals surface area contributed by atoms with E-state index >= 15 is 0 Å². The fourth-order valence-corrected chi connectivity index (χ4v) is 1.56. The molecule has 1 amide bonds. The van der Waals surface area contributed by atoms with E-state index in [1.165, 1.54) is 0 Å². The minimum Gasteiger partial charge on any atom is -0.369 e. The molecule has 1 aromatic rings. The average molecular weight is 286 g/mol. The van der Waals surface area contributed by atoms with Crippen LogP contribution in [0, 0.1) is 12.3 Å². The highest BCUT2D eigenvalue weighted by Gasteiger charge is 2.24. The monoisotopic (exact) mass is 285 g/mol. The zero-order valence-corrected chi connectivity index (χ0v) is 11.3. The Bertz CT molecular complexity index is 404. The normalized spacial score (nSPS) is 11.2. The van der Waals surface area contributed by atoms with Crippen LogP contribution in [0.3, 0.4) is 0 Å². The molecule has 3 N–H and O–H groups in total. The summed E-state index contributed by atoms with van der Waals surface area (Å²) in [6, 6.07) is 1.96. The Balaban J connectivity index is 2.72. The number of amides is 1. The minimum atomic E-state index is -0.582. The maximum Gasteiger partial charge on any atom is 0.224 e. The van der Waals surface area contributed by atoms with Crippen molar-refractivity contribution in [2.24, 2.45) is 11.1 Å². The molecule has 4 nitrogen and oxygen atoms in total. The highest BCUT2D eigenvalue weighted by atomic mass is 79.9. The Kier molecular flexibility index (Phi) is 3.91. The second-order valence-corrected chi connectivity index (χ2v) is 5.34. The molecule has 0 fully saturated rings. The molecule has 16 heavy (non-hydrogen) atoms. The number of hydrogen-bond acceptors (Lipinski definition) is 3. The third kappa shape index (κ3) is 3.20. The first-order valence-electron chi connectivity index (χ1n) is 4.99. The van der Waals surface area contributed by atoms with Crippen LogP contribution >= 0.6 is 15.9 Å². The van der Waals surface area contributed by atoms with Gasteiger partial charge < -0.3 is 11.1 Å². The van der Waals surface area contributed by atoms with E-state index in [0.717, 1.165) is 15.9 Å². The number of anilines is 1. The van der Waals surface area contributed by atoms with Crippen molar-refractivity contribution in [3.63, 3.8) is 0 Å².